The Morgan fingerprint density at radius 2 is 2.07 bits per heavy atom. The second kappa shape index (κ2) is 2.63. The first-order chi connectivity index (χ1) is 6.93. The van der Waals surface area contributed by atoms with Gasteiger partial charge in [0.2, 0.25) is 0 Å². The third-order valence-electron chi connectivity index (χ3n) is 1.95. The van der Waals surface area contributed by atoms with Crippen molar-refractivity contribution in [1.29, 1.82) is 0 Å². The molecule has 68 valence electrons. The summed E-state index contributed by atoms with van der Waals surface area (Å²) in [5, 5.41) is 17.3. The molecule has 0 aliphatic carbocycles. The van der Waals surface area contributed by atoms with Gasteiger partial charge >= 0.3 is 0 Å². The Balaban J connectivity index is 2.12. The number of hydrogen-bond donors (Lipinski definition) is 2. The van der Waals surface area contributed by atoms with Crippen LogP contribution in [0.3, 0.4) is 0 Å². The predicted molar refractivity (Wildman–Crippen MR) is 50.6 cm³/mol. The Morgan fingerprint density at radius 1 is 1.07 bits per heavy atom. The summed E-state index contributed by atoms with van der Waals surface area (Å²) >= 11 is 0. The van der Waals surface area contributed by atoms with Gasteiger partial charge in [0.05, 0.1) is 11.9 Å². The number of rotatable bonds is 0. The minimum Gasteiger partial charge on any atom is -0.348 e. The third kappa shape index (κ3) is 0.972. The molecule has 0 unspecified atom stereocenters. The molecular formula is C8H6N6. The van der Waals surface area contributed by atoms with Crippen LogP contribution in [0.15, 0.2) is 24.5 Å². The minimum atomic E-state index is 0.645. The molecule has 0 fully saturated rings. The first-order valence-corrected chi connectivity index (χ1v) is 4.11. The molecule has 2 aromatic rings. The standard InChI is InChI=1S/C8H6N6/c1-2-5-7(9-3-1)12-8-6(11-5)4-10-14-13-8/h1-4,11H,(H,9,10,12,13). The maximum Gasteiger partial charge on any atom is 0.181 e. The fraction of sp³-hybridized carbons (Fsp3) is 0. The second-order valence-electron chi connectivity index (χ2n) is 2.85. The monoisotopic (exact) mass is 186 g/mol. The fourth-order valence-corrected chi connectivity index (χ4v) is 1.32. The summed E-state index contributed by atoms with van der Waals surface area (Å²) in [5.41, 5.74) is 1.72. The molecule has 1 aliphatic rings. The van der Waals surface area contributed by atoms with Crippen molar-refractivity contribution in [3.05, 3.63) is 24.5 Å². The molecule has 2 N–H and O–H groups in total. The fourth-order valence-electron chi connectivity index (χ4n) is 1.32. The van der Waals surface area contributed by atoms with Gasteiger partial charge in [-0.2, -0.15) is 0 Å². The first kappa shape index (κ1) is 7.19. The van der Waals surface area contributed by atoms with Crippen molar-refractivity contribution in [2.24, 2.45) is 0 Å². The van der Waals surface area contributed by atoms with E-state index in [1.165, 1.54) is 0 Å². The van der Waals surface area contributed by atoms with E-state index in [-0.39, 0.29) is 0 Å². The molecule has 3 rings (SSSR count). The SMILES string of the molecule is c1cnc2c(c1)Nc1cnnnc1N2. The molecular weight excluding hydrogens is 180 g/mol. The van der Waals surface area contributed by atoms with Crippen molar-refractivity contribution < 1.29 is 0 Å². The van der Waals surface area contributed by atoms with Gasteiger partial charge in [0.15, 0.2) is 11.6 Å². The Kier molecular flexibility index (Phi) is 1.35. The van der Waals surface area contributed by atoms with Crippen LogP contribution >= 0.6 is 0 Å². The quantitative estimate of drug-likeness (QED) is 0.547. The summed E-state index contributed by atoms with van der Waals surface area (Å²) in [6.45, 7) is 0. The Bertz CT molecular complexity index is 395. The van der Waals surface area contributed by atoms with Crippen molar-refractivity contribution in [2.75, 3.05) is 10.6 Å². The van der Waals surface area contributed by atoms with Crippen molar-refractivity contribution in [2.45, 2.75) is 0 Å². The van der Waals surface area contributed by atoms with E-state index in [4.69, 9.17) is 0 Å². The van der Waals surface area contributed by atoms with Crippen LogP contribution in [0.1, 0.15) is 0 Å². The van der Waals surface area contributed by atoms with Gasteiger partial charge in [-0.15, -0.1) is 10.2 Å². The van der Waals surface area contributed by atoms with E-state index in [9.17, 15) is 0 Å². The van der Waals surface area contributed by atoms with E-state index < -0.39 is 0 Å². The number of pyridine rings is 1. The molecule has 6 nitrogen and oxygen atoms in total. The highest BCUT2D eigenvalue weighted by molar-refractivity contribution is 5.85. The smallest absolute Gasteiger partial charge is 0.181 e. The normalized spacial score (nSPS) is 12.0. The van der Waals surface area contributed by atoms with Crippen LogP contribution in [0.5, 0.6) is 0 Å². The van der Waals surface area contributed by atoms with Gasteiger partial charge in [-0.25, -0.2) is 4.98 Å². The van der Waals surface area contributed by atoms with Crippen LogP contribution in [0, 0.1) is 0 Å². The van der Waals surface area contributed by atoms with Gasteiger partial charge in [-0.1, -0.05) is 0 Å². The Morgan fingerprint density at radius 3 is 3.07 bits per heavy atom. The maximum atomic E-state index is 4.16. The minimum absolute atomic E-state index is 0.645. The summed E-state index contributed by atoms with van der Waals surface area (Å²) in [6, 6.07) is 3.79. The van der Waals surface area contributed by atoms with Gasteiger partial charge in [0.25, 0.3) is 0 Å². The molecule has 0 bridgehead atoms. The lowest BCUT2D eigenvalue weighted by Crippen LogP contribution is -2.10. The van der Waals surface area contributed by atoms with Crippen LogP contribution < -0.4 is 10.6 Å². The van der Waals surface area contributed by atoms with Crippen LogP contribution in [0.25, 0.3) is 0 Å². The van der Waals surface area contributed by atoms with Crippen molar-refractivity contribution in [1.82, 2.24) is 20.4 Å². The first-order valence-electron chi connectivity index (χ1n) is 4.11. The van der Waals surface area contributed by atoms with E-state index in [1.54, 1.807) is 12.4 Å². The van der Waals surface area contributed by atoms with Crippen LogP contribution in [0.4, 0.5) is 23.0 Å². The van der Waals surface area contributed by atoms with Gasteiger partial charge in [0, 0.05) is 6.20 Å². The maximum absolute atomic E-state index is 4.16. The van der Waals surface area contributed by atoms with Gasteiger partial charge in [-0.3, -0.25) is 0 Å². The number of fused-ring (bicyclic) bond motifs is 2. The molecule has 0 amide bonds. The largest absolute Gasteiger partial charge is 0.348 e. The lowest BCUT2D eigenvalue weighted by Gasteiger charge is -2.18. The number of anilines is 4. The van der Waals surface area contributed by atoms with Crippen molar-refractivity contribution in [3.8, 4) is 0 Å². The lowest BCUT2D eigenvalue weighted by molar-refractivity contribution is 0.870. The van der Waals surface area contributed by atoms with E-state index in [2.05, 4.69) is 31.0 Å². The summed E-state index contributed by atoms with van der Waals surface area (Å²) < 4.78 is 0. The lowest BCUT2D eigenvalue weighted by atomic mass is 10.3. The summed E-state index contributed by atoms with van der Waals surface area (Å²) in [4.78, 5) is 4.16. The summed E-state index contributed by atoms with van der Waals surface area (Å²) in [5.74, 6) is 1.40. The number of nitrogens with one attached hydrogen (secondary N) is 2. The molecule has 0 atom stereocenters. The van der Waals surface area contributed by atoms with E-state index in [0.29, 0.717) is 5.82 Å². The van der Waals surface area contributed by atoms with E-state index in [0.717, 1.165) is 17.2 Å². The van der Waals surface area contributed by atoms with E-state index >= 15 is 0 Å². The molecule has 0 saturated heterocycles. The molecule has 2 aromatic heterocycles. The summed E-state index contributed by atoms with van der Waals surface area (Å²) in [7, 11) is 0. The van der Waals surface area contributed by atoms with Crippen molar-refractivity contribution >= 4 is 23.0 Å². The van der Waals surface area contributed by atoms with Gasteiger partial charge < -0.3 is 10.6 Å². The average Bonchev–Trinajstić information content (AvgIpc) is 2.26. The van der Waals surface area contributed by atoms with Crippen molar-refractivity contribution in [3.63, 3.8) is 0 Å². The van der Waals surface area contributed by atoms with Gasteiger partial charge in [-0.05, 0) is 17.3 Å². The molecule has 0 saturated carbocycles. The zero-order valence-corrected chi connectivity index (χ0v) is 7.10. The highest BCUT2D eigenvalue weighted by Crippen LogP contribution is 2.33. The molecule has 14 heavy (non-hydrogen) atoms. The number of nitrogens with zero attached hydrogens (tertiary/aromatic N) is 4. The highest BCUT2D eigenvalue weighted by atomic mass is 15.3. The third-order valence-corrected chi connectivity index (χ3v) is 1.95. The number of hydrogen-bond acceptors (Lipinski definition) is 6. The molecule has 0 radical (unpaired) electrons. The molecule has 6 heteroatoms. The summed E-state index contributed by atoms with van der Waals surface area (Å²) in [6.07, 6.45) is 3.33. The second-order valence-corrected chi connectivity index (χ2v) is 2.85. The Labute approximate surface area is 79.4 Å². The topological polar surface area (TPSA) is 75.6 Å². The molecule has 0 spiro atoms. The zero-order chi connectivity index (χ0) is 9.38. The molecule has 0 aromatic carbocycles. The van der Waals surface area contributed by atoms with Gasteiger partial charge in [0.1, 0.15) is 5.69 Å². The van der Waals surface area contributed by atoms with Crippen LogP contribution in [-0.2, 0) is 0 Å². The molecule has 1 aliphatic heterocycles. The van der Waals surface area contributed by atoms with Crippen LogP contribution in [0.2, 0.25) is 0 Å². The van der Waals surface area contributed by atoms with Crippen LogP contribution in [-0.4, -0.2) is 20.4 Å². The Hall–Kier alpha value is -2.24. The average molecular weight is 186 g/mol. The molecule has 3 heterocycles. The highest BCUT2D eigenvalue weighted by Gasteiger charge is 2.15. The number of aromatic nitrogens is 4. The van der Waals surface area contributed by atoms with E-state index in [1.807, 2.05) is 12.1 Å². The predicted octanol–water partition coefficient (Wildman–Crippen LogP) is 1.07. The zero-order valence-electron chi connectivity index (χ0n) is 7.10.